The predicted octanol–water partition coefficient (Wildman–Crippen LogP) is 3.35. The van der Waals surface area contributed by atoms with E-state index in [1.807, 2.05) is 42.5 Å². The zero-order chi connectivity index (χ0) is 18.5. The maximum atomic E-state index is 12.4. The number of benzene rings is 2. The van der Waals surface area contributed by atoms with Crippen molar-refractivity contribution < 1.29 is 9.53 Å². The smallest absolute Gasteiger partial charge is 0.291 e. The second kappa shape index (κ2) is 8.12. The molecule has 1 N–H and O–H groups in total. The molecule has 0 saturated heterocycles. The lowest BCUT2D eigenvalue weighted by Crippen LogP contribution is -2.30. The van der Waals surface area contributed by atoms with E-state index in [2.05, 4.69) is 15.4 Å². The third-order valence-corrected chi connectivity index (χ3v) is 4.20. The Balaban J connectivity index is 1.70. The molecule has 1 heterocycles. The fraction of sp³-hybridized carbons (Fsp3) is 0.211. The number of nitrogens with one attached hydrogen (secondary N) is 1. The van der Waals surface area contributed by atoms with Crippen molar-refractivity contribution in [2.75, 3.05) is 13.7 Å². The molecular formula is C19H19ClN4O2. The Morgan fingerprint density at radius 2 is 1.88 bits per heavy atom. The Morgan fingerprint density at radius 1 is 1.19 bits per heavy atom. The van der Waals surface area contributed by atoms with Crippen LogP contribution < -0.4 is 5.32 Å². The van der Waals surface area contributed by atoms with Gasteiger partial charge < -0.3 is 10.1 Å². The number of rotatable bonds is 6. The summed E-state index contributed by atoms with van der Waals surface area (Å²) in [5.74, 6) is 0.378. The van der Waals surface area contributed by atoms with Crippen LogP contribution in [0.4, 0.5) is 0 Å². The molecule has 3 aromatic rings. The summed E-state index contributed by atoms with van der Waals surface area (Å²) in [5.41, 5.74) is 1.78. The van der Waals surface area contributed by atoms with E-state index in [1.165, 1.54) is 0 Å². The first-order chi connectivity index (χ1) is 12.6. The molecule has 0 saturated carbocycles. The van der Waals surface area contributed by atoms with Crippen molar-refractivity contribution in [3.63, 3.8) is 0 Å². The van der Waals surface area contributed by atoms with Gasteiger partial charge in [-0.1, -0.05) is 41.9 Å². The lowest BCUT2D eigenvalue weighted by molar-refractivity contribution is 0.0820. The first-order valence-electron chi connectivity index (χ1n) is 8.14. The minimum Gasteiger partial charge on any atom is -0.375 e. The van der Waals surface area contributed by atoms with Crippen LogP contribution in [-0.2, 0) is 4.74 Å². The molecule has 0 aliphatic carbocycles. The van der Waals surface area contributed by atoms with E-state index in [0.29, 0.717) is 17.4 Å². The van der Waals surface area contributed by atoms with Crippen LogP contribution in [0.15, 0.2) is 54.6 Å². The molecule has 3 rings (SSSR count). The van der Waals surface area contributed by atoms with Gasteiger partial charge in [-0.05, 0) is 36.8 Å². The van der Waals surface area contributed by atoms with Gasteiger partial charge in [-0.25, -0.2) is 9.67 Å². The predicted molar refractivity (Wildman–Crippen MR) is 99.6 cm³/mol. The number of carbonyl (C=O) groups excluding carboxylic acids is 1. The lowest BCUT2D eigenvalue weighted by Gasteiger charge is -2.15. The van der Waals surface area contributed by atoms with Gasteiger partial charge in [0.1, 0.15) is 5.82 Å². The molecule has 0 radical (unpaired) electrons. The number of aromatic nitrogens is 3. The molecular weight excluding hydrogens is 352 g/mol. The molecule has 0 aliphatic rings. The molecule has 1 amide bonds. The summed E-state index contributed by atoms with van der Waals surface area (Å²) in [6.07, 6.45) is -0.236. The van der Waals surface area contributed by atoms with Gasteiger partial charge in [0.15, 0.2) is 0 Å². The van der Waals surface area contributed by atoms with Gasteiger partial charge in [-0.15, -0.1) is 5.10 Å². The lowest BCUT2D eigenvalue weighted by atomic mass is 10.1. The Kier molecular flexibility index (Phi) is 5.65. The standard InChI is InChI=1S/C19H19ClN4O2/c1-13-22-18(23-24(13)16-10-8-15(20)9-11-16)19(25)21-12-17(26-2)14-6-4-3-5-7-14/h3-11,17H,12H2,1-2H3,(H,21,25). The highest BCUT2D eigenvalue weighted by atomic mass is 35.5. The van der Waals surface area contributed by atoms with Gasteiger partial charge in [0, 0.05) is 18.7 Å². The van der Waals surface area contributed by atoms with Gasteiger partial charge in [0.2, 0.25) is 5.82 Å². The van der Waals surface area contributed by atoms with Gasteiger partial charge >= 0.3 is 0 Å². The minimum absolute atomic E-state index is 0.111. The molecule has 0 fully saturated rings. The summed E-state index contributed by atoms with van der Waals surface area (Å²) in [5, 5.41) is 7.76. The number of amides is 1. The molecule has 2 aromatic carbocycles. The SMILES string of the molecule is COC(CNC(=O)c1nc(C)n(-c2ccc(Cl)cc2)n1)c1ccccc1. The van der Waals surface area contributed by atoms with Crippen molar-refractivity contribution in [2.24, 2.45) is 0 Å². The Bertz CT molecular complexity index is 878. The van der Waals surface area contributed by atoms with Crippen molar-refractivity contribution in [2.45, 2.75) is 13.0 Å². The fourth-order valence-corrected chi connectivity index (χ4v) is 2.71. The number of hydrogen-bond donors (Lipinski definition) is 1. The zero-order valence-corrected chi connectivity index (χ0v) is 15.3. The van der Waals surface area contributed by atoms with Crippen molar-refractivity contribution in [3.05, 3.63) is 76.8 Å². The second-order valence-corrected chi connectivity index (χ2v) is 6.15. The van der Waals surface area contributed by atoms with E-state index in [4.69, 9.17) is 16.3 Å². The van der Waals surface area contributed by atoms with E-state index in [-0.39, 0.29) is 17.8 Å². The largest absolute Gasteiger partial charge is 0.375 e. The highest BCUT2D eigenvalue weighted by Crippen LogP contribution is 2.16. The van der Waals surface area contributed by atoms with E-state index in [0.717, 1.165) is 11.3 Å². The molecule has 6 nitrogen and oxygen atoms in total. The van der Waals surface area contributed by atoms with Crippen LogP contribution >= 0.6 is 11.6 Å². The van der Waals surface area contributed by atoms with Gasteiger partial charge in [-0.3, -0.25) is 4.79 Å². The summed E-state index contributed by atoms with van der Waals surface area (Å²) in [7, 11) is 1.61. The number of methoxy groups -OCH3 is 1. The Hall–Kier alpha value is -2.70. The van der Waals surface area contributed by atoms with Crippen LogP contribution in [0.25, 0.3) is 5.69 Å². The quantitative estimate of drug-likeness (QED) is 0.722. The van der Waals surface area contributed by atoms with Gasteiger partial charge in [0.05, 0.1) is 11.8 Å². The van der Waals surface area contributed by atoms with E-state index >= 15 is 0 Å². The van der Waals surface area contributed by atoms with Crippen molar-refractivity contribution >= 4 is 17.5 Å². The molecule has 7 heteroatoms. The molecule has 0 bridgehead atoms. The van der Waals surface area contributed by atoms with Crippen LogP contribution in [0.5, 0.6) is 0 Å². The molecule has 0 aliphatic heterocycles. The highest BCUT2D eigenvalue weighted by Gasteiger charge is 2.17. The molecule has 134 valence electrons. The maximum Gasteiger partial charge on any atom is 0.291 e. The third-order valence-electron chi connectivity index (χ3n) is 3.95. The van der Waals surface area contributed by atoms with Crippen LogP contribution in [0.1, 0.15) is 28.1 Å². The first kappa shape index (κ1) is 18.1. The highest BCUT2D eigenvalue weighted by molar-refractivity contribution is 6.30. The van der Waals surface area contributed by atoms with Crippen molar-refractivity contribution in [3.8, 4) is 5.69 Å². The van der Waals surface area contributed by atoms with Crippen LogP contribution in [-0.4, -0.2) is 34.3 Å². The second-order valence-electron chi connectivity index (χ2n) is 5.72. The van der Waals surface area contributed by atoms with Gasteiger partial charge in [0.25, 0.3) is 5.91 Å². The van der Waals surface area contributed by atoms with E-state index in [1.54, 1.807) is 30.8 Å². The molecule has 1 atom stereocenters. The molecule has 1 unspecified atom stereocenters. The molecule has 26 heavy (non-hydrogen) atoms. The van der Waals surface area contributed by atoms with Gasteiger partial charge in [-0.2, -0.15) is 0 Å². The summed E-state index contributed by atoms with van der Waals surface area (Å²) in [6, 6.07) is 16.9. The monoisotopic (exact) mass is 370 g/mol. The average Bonchev–Trinajstić information content (AvgIpc) is 3.05. The van der Waals surface area contributed by atoms with Crippen molar-refractivity contribution in [1.82, 2.24) is 20.1 Å². The number of aryl methyl sites for hydroxylation is 1. The fourth-order valence-electron chi connectivity index (χ4n) is 2.58. The summed E-state index contributed by atoms with van der Waals surface area (Å²) in [4.78, 5) is 16.7. The summed E-state index contributed by atoms with van der Waals surface area (Å²) >= 11 is 5.91. The average molecular weight is 371 g/mol. The number of carbonyl (C=O) groups is 1. The zero-order valence-electron chi connectivity index (χ0n) is 14.5. The Morgan fingerprint density at radius 3 is 2.54 bits per heavy atom. The first-order valence-corrected chi connectivity index (χ1v) is 8.52. The summed E-state index contributed by atoms with van der Waals surface area (Å²) < 4.78 is 7.07. The molecule has 1 aromatic heterocycles. The number of ether oxygens (including phenoxy) is 1. The number of nitrogens with zero attached hydrogens (tertiary/aromatic N) is 3. The van der Waals surface area contributed by atoms with Crippen molar-refractivity contribution in [1.29, 1.82) is 0 Å². The number of hydrogen-bond acceptors (Lipinski definition) is 4. The van der Waals surface area contributed by atoms with Crippen LogP contribution in [0, 0.1) is 6.92 Å². The van der Waals surface area contributed by atoms with E-state index < -0.39 is 0 Å². The minimum atomic E-state index is -0.348. The normalized spacial score (nSPS) is 12.0. The Labute approximate surface area is 156 Å². The van der Waals surface area contributed by atoms with Crippen LogP contribution in [0.2, 0.25) is 5.02 Å². The topological polar surface area (TPSA) is 69.0 Å². The third kappa shape index (κ3) is 4.09. The maximum absolute atomic E-state index is 12.4. The molecule has 0 spiro atoms. The van der Waals surface area contributed by atoms with Crippen LogP contribution in [0.3, 0.4) is 0 Å². The van der Waals surface area contributed by atoms with E-state index in [9.17, 15) is 4.79 Å². The summed E-state index contributed by atoms with van der Waals surface area (Å²) in [6.45, 7) is 2.12. The number of halogens is 1.